The molecule has 5 aromatic rings. The Hall–Kier alpha value is -4.17. The van der Waals surface area contributed by atoms with Crippen molar-refractivity contribution in [2.45, 2.75) is 0 Å². The molecule has 3 aromatic heterocycles. The third-order valence-corrected chi connectivity index (χ3v) is 5.52. The van der Waals surface area contributed by atoms with Crippen LogP contribution < -0.4 is 5.32 Å². The summed E-state index contributed by atoms with van der Waals surface area (Å²) in [4.78, 5) is 26.0. The van der Waals surface area contributed by atoms with Gasteiger partial charge in [0.25, 0.3) is 5.91 Å². The smallest absolute Gasteiger partial charge is 0.269 e. The lowest BCUT2D eigenvalue weighted by Gasteiger charge is -2.10. The summed E-state index contributed by atoms with van der Waals surface area (Å²) in [5.74, 6) is 0.947. The van der Waals surface area contributed by atoms with Crippen molar-refractivity contribution in [2.75, 3.05) is 19.4 Å². The van der Waals surface area contributed by atoms with E-state index in [9.17, 15) is 4.79 Å². The molecule has 0 spiro atoms. The summed E-state index contributed by atoms with van der Waals surface area (Å²) in [6, 6.07) is 15.5. The van der Waals surface area contributed by atoms with Gasteiger partial charge < -0.3 is 15.2 Å². The maximum absolute atomic E-state index is 12.3. The summed E-state index contributed by atoms with van der Waals surface area (Å²) in [5.41, 5.74) is 5.09. The van der Waals surface area contributed by atoms with Gasteiger partial charge in [-0.3, -0.25) is 9.89 Å². The molecule has 0 atom stereocenters. The first kappa shape index (κ1) is 20.7. The minimum absolute atomic E-state index is 0.0826. The van der Waals surface area contributed by atoms with Crippen LogP contribution in [0.3, 0.4) is 0 Å². The number of H-pyrrole nitrogens is 2. The van der Waals surface area contributed by atoms with E-state index in [1.807, 2.05) is 54.7 Å². The quantitative estimate of drug-likeness (QED) is 0.340. The molecule has 0 saturated heterocycles. The zero-order chi connectivity index (χ0) is 22.9. The Kier molecular flexibility index (Phi) is 5.27. The van der Waals surface area contributed by atoms with Crippen LogP contribution in [-0.2, 0) is 0 Å². The number of hydrogen-bond acceptors (Lipinski definition) is 5. The molecule has 5 rings (SSSR count). The van der Waals surface area contributed by atoms with Crippen molar-refractivity contribution in [1.82, 2.24) is 30.0 Å². The number of nitrogens with one attached hydrogen (secondary N) is 3. The van der Waals surface area contributed by atoms with E-state index in [2.05, 4.69) is 30.5 Å². The van der Waals surface area contributed by atoms with Crippen molar-refractivity contribution in [2.24, 2.45) is 0 Å². The fourth-order valence-electron chi connectivity index (χ4n) is 3.51. The van der Waals surface area contributed by atoms with Crippen molar-refractivity contribution >= 4 is 39.9 Å². The van der Waals surface area contributed by atoms with Crippen molar-refractivity contribution in [3.05, 3.63) is 77.8 Å². The molecule has 0 aliphatic rings. The molecule has 0 aliphatic carbocycles. The molecule has 9 heteroatoms. The fraction of sp³-hybridized carbons (Fsp3) is 0.0833. The van der Waals surface area contributed by atoms with E-state index in [0.29, 0.717) is 22.4 Å². The summed E-state index contributed by atoms with van der Waals surface area (Å²) in [5, 5.41) is 11.4. The van der Waals surface area contributed by atoms with E-state index in [1.165, 1.54) is 4.90 Å². The third-order valence-electron chi connectivity index (χ3n) is 5.24. The van der Waals surface area contributed by atoms with Crippen LogP contribution in [0.2, 0.25) is 5.02 Å². The van der Waals surface area contributed by atoms with Crippen molar-refractivity contribution in [1.29, 1.82) is 0 Å². The first-order chi connectivity index (χ1) is 16.0. The molecule has 1 amide bonds. The van der Waals surface area contributed by atoms with Crippen LogP contribution in [0.15, 0.2) is 67.1 Å². The molecular formula is C24H20ClN7O. The normalized spacial score (nSPS) is 11.0. The minimum atomic E-state index is -0.0826. The number of fused-ring (bicyclic) bond motifs is 1. The summed E-state index contributed by atoms with van der Waals surface area (Å²) in [7, 11) is 3.45. The van der Waals surface area contributed by atoms with Gasteiger partial charge in [0.1, 0.15) is 10.7 Å². The molecule has 0 radical (unpaired) electrons. The summed E-state index contributed by atoms with van der Waals surface area (Å²) in [6.45, 7) is 0. The van der Waals surface area contributed by atoms with Crippen LogP contribution in [0.5, 0.6) is 0 Å². The van der Waals surface area contributed by atoms with Gasteiger partial charge in [-0.05, 0) is 29.8 Å². The number of anilines is 2. The fourth-order valence-corrected chi connectivity index (χ4v) is 3.65. The lowest BCUT2D eigenvalue weighted by molar-refractivity contribution is 0.0823. The topological polar surface area (TPSA) is 103 Å². The van der Waals surface area contributed by atoms with Gasteiger partial charge in [0.2, 0.25) is 0 Å². The van der Waals surface area contributed by atoms with E-state index in [4.69, 9.17) is 11.6 Å². The lowest BCUT2D eigenvalue weighted by atomic mass is 10.1. The molecule has 33 heavy (non-hydrogen) atoms. The second-order valence-electron chi connectivity index (χ2n) is 7.76. The van der Waals surface area contributed by atoms with E-state index >= 15 is 0 Å². The molecular weight excluding hydrogens is 438 g/mol. The third kappa shape index (κ3) is 4.16. The molecule has 3 N–H and O–H groups in total. The predicted molar refractivity (Wildman–Crippen MR) is 130 cm³/mol. The molecule has 0 saturated carbocycles. The highest BCUT2D eigenvalue weighted by atomic mass is 35.5. The Morgan fingerprint density at radius 1 is 1.00 bits per heavy atom. The second-order valence-corrected chi connectivity index (χ2v) is 8.17. The highest BCUT2D eigenvalue weighted by Crippen LogP contribution is 2.29. The minimum Gasteiger partial charge on any atom is -0.351 e. The molecule has 164 valence electrons. The molecule has 3 heterocycles. The first-order valence-electron chi connectivity index (χ1n) is 10.2. The van der Waals surface area contributed by atoms with Crippen LogP contribution >= 0.6 is 11.6 Å². The van der Waals surface area contributed by atoms with Crippen LogP contribution in [0.25, 0.3) is 33.4 Å². The number of benzene rings is 2. The zero-order valence-electron chi connectivity index (χ0n) is 17.9. The number of amides is 1. The Labute approximate surface area is 194 Å². The summed E-state index contributed by atoms with van der Waals surface area (Å²) < 4.78 is 0. The largest absolute Gasteiger partial charge is 0.351 e. The molecule has 2 aromatic carbocycles. The van der Waals surface area contributed by atoms with Gasteiger partial charge in [-0.1, -0.05) is 35.9 Å². The summed E-state index contributed by atoms with van der Waals surface area (Å²) in [6.07, 6.45) is 5.19. The number of aromatic nitrogens is 5. The number of carbonyl (C=O) groups is 1. The lowest BCUT2D eigenvalue weighted by Crippen LogP contribution is -2.21. The van der Waals surface area contributed by atoms with Crippen LogP contribution in [0.4, 0.5) is 11.5 Å². The maximum atomic E-state index is 12.3. The second kappa shape index (κ2) is 8.40. The molecule has 0 fully saturated rings. The average molecular weight is 458 g/mol. The van der Waals surface area contributed by atoms with Gasteiger partial charge >= 0.3 is 0 Å². The number of carbonyl (C=O) groups excluding carboxylic acids is 1. The van der Waals surface area contributed by atoms with Gasteiger partial charge in [-0.15, -0.1) is 0 Å². The van der Waals surface area contributed by atoms with E-state index < -0.39 is 0 Å². The van der Waals surface area contributed by atoms with Gasteiger partial charge in [0.05, 0.1) is 12.4 Å². The Bertz CT molecular complexity index is 1440. The highest BCUT2D eigenvalue weighted by molar-refractivity contribution is 6.32. The van der Waals surface area contributed by atoms with E-state index in [0.717, 1.165) is 33.3 Å². The van der Waals surface area contributed by atoms with Gasteiger partial charge in [0.15, 0.2) is 11.6 Å². The monoisotopic (exact) mass is 457 g/mol. The van der Waals surface area contributed by atoms with Crippen molar-refractivity contribution < 1.29 is 4.79 Å². The van der Waals surface area contributed by atoms with Gasteiger partial charge in [0, 0.05) is 48.0 Å². The Morgan fingerprint density at radius 2 is 1.79 bits per heavy atom. The SMILES string of the molecule is CN(C)C(=O)c1cc2ccc(-c3ncc(Cl)c(Nc4ccc(-c5cn[nH]c5)cc4)n3)cc2[nH]1. The van der Waals surface area contributed by atoms with Gasteiger partial charge in [-0.25, -0.2) is 9.97 Å². The Balaban J connectivity index is 1.42. The Morgan fingerprint density at radius 3 is 2.52 bits per heavy atom. The highest BCUT2D eigenvalue weighted by Gasteiger charge is 2.13. The number of rotatable bonds is 5. The number of halogens is 1. The molecule has 0 bridgehead atoms. The van der Waals surface area contributed by atoms with Gasteiger partial charge in [-0.2, -0.15) is 5.10 Å². The van der Waals surface area contributed by atoms with Crippen LogP contribution in [0.1, 0.15) is 10.5 Å². The molecule has 0 unspecified atom stereocenters. The van der Waals surface area contributed by atoms with E-state index in [1.54, 1.807) is 26.5 Å². The maximum Gasteiger partial charge on any atom is 0.269 e. The van der Waals surface area contributed by atoms with Crippen molar-refractivity contribution in [3.8, 4) is 22.5 Å². The van der Waals surface area contributed by atoms with Crippen LogP contribution in [0, 0.1) is 0 Å². The summed E-state index contributed by atoms with van der Waals surface area (Å²) >= 11 is 6.36. The molecule has 0 aliphatic heterocycles. The predicted octanol–water partition coefficient (Wildman–Crippen LogP) is 5.11. The number of hydrogen-bond donors (Lipinski definition) is 3. The standard InChI is InChI=1S/C24H20ClN7O/c1-32(2)24(33)21-9-15-3-4-16(10-20(15)30-21)22-26-13-19(25)23(31-22)29-18-7-5-14(6-8-18)17-11-27-28-12-17/h3-13,30H,1-2H3,(H,27,28)(H,26,29,31). The average Bonchev–Trinajstić information content (AvgIpc) is 3.50. The van der Waals surface area contributed by atoms with Crippen molar-refractivity contribution in [3.63, 3.8) is 0 Å². The molecule has 8 nitrogen and oxygen atoms in total. The zero-order valence-corrected chi connectivity index (χ0v) is 18.7. The number of aromatic amines is 2. The van der Waals surface area contributed by atoms with E-state index in [-0.39, 0.29) is 5.91 Å². The van der Waals surface area contributed by atoms with Crippen LogP contribution in [-0.4, -0.2) is 50.1 Å². The number of nitrogens with zero attached hydrogens (tertiary/aromatic N) is 4. The first-order valence-corrected chi connectivity index (χ1v) is 10.6.